The fourth-order valence-corrected chi connectivity index (χ4v) is 6.93. The summed E-state index contributed by atoms with van der Waals surface area (Å²) in [5, 5.41) is 2.70. The molecule has 2 unspecified atom stereocenters. The van der Waals surface area contributed by atoms with Gasteiger partial charge in [-0.3, -0.25) is 9.59 Å². The zero-order valence-electron chi connectivity index (χ0n) is 13.5. The lowest BCUT2D eigenvalue weighted by atomic mass is 10.0. The number of hydrogen-bond acceptors (Lipinski definition) is 6. The zero-order chi connectivity index (χ0) is 17.8. The Bertz CT molecular complexity index is 769. The fourth-order valence-electron chi connectivity index (χ4n) is 3.48. The topological polar surface area (TPSA) is 118 Å². The molecule has 1 aliphatic carbocycles. The number of hydrogen-bond donors (Lipinski definition) is 1. The summed E-state index contributed by atoms with van der Waals surface area (Å²) in [6.07, 6.45) is 1.60. The number of nitrogens with zero attached hydrogens (tertiary/aromatic N) is 1. The van der Waals surface area contributed by atoms with Crippen LogP contribution in [-0.2, 0) is 29.3 Å². The minimum atomic E-state index is -3.11. The summed E-state index contributed by atoms with van der Waals surface area (Å²) in [5.74, 6) is -0.814. The van der Waals surface area contributed by atoms with Gasteiger partial charge < -0.3 is 10.2 Å². The number of carbonyl (C=O) groups is 2. The molecule has 0 aromatic heterocycles. The molecule has 2 saturated heterocycles. The van der Waals surface area contributed by atoms with Gasteiger partial charge in [0.1, 0.15) is 5.41 Å². The Kier molecular flexibility index (Phi) is 4.18. The van der Waals surface area contributed by atoms with Crippen LogP contribution in [0.4, 0.5) is 0 Å². The third-order valence-electron chi connectivity index (χ3n) is 5.24. The minimum Gasteiger partial charge on any atom is -0.351 e. The van der Waals surface area contributed by atoms with Gasteiger partial charge in [-0.1, -0.05) is 0 Å². The molecule has 8 nitrogen and oxygen atoms in total. The van der Waals surface area contributed by atoms with Gasteiger partial charge in [-0.05, 0) is 25.7 Å². The number of nitrogens with one attached hydrogen (secondary N) is 1. The highest BCUT2D eigenvalue weighted by molar-refractivity contribution is 7.91. The number of amides is 2. The molecule has 2 heterocycles. The summed E-state index contributed by atoms with van der Waals surface area (Å²) in [6.45, 7) is 0. The van der Waals surface area contributed by atoms with E-state index in [1.807, 2.05) is 0 Å². The predicted octanol–water partition coefficient (Wildman–Crippen LogP) is -1.28. The second kappa shape index (κ2) is 5.69. The first-order chi connectivity index (χ1) is 11.0. The van der Waals surface area contributed by atoms with E-state index in [2.05, 4.69) is 5.32 Å². The first-order valence-corrected chi connectivity index (χ1v) is 11.7. The molecule has 2 atom stereocenters. The summed E-state index contributed by atoms with van der Waals surface area (Å²) in [7, 11) is -4.67. The van der Waals surface area contributed by atoms with Crippen molar-refractivity contribution >= 4 is 31.5 Å². The van der Waals surface area contributed by atoms with E-state index in [9.17, 15) is 26.4 Å². The van der Waals surface area contributed by atoms with E-state index in [4.69, 9.17) is 0 Å². The predicted molar refractivity (Wildman–Crippen MR) is 86.7 cm³/mol. The van der Waals surface area contributed by atoms with Crippen molar-refractivity contribution in [3.05, 3.63) is 0 Å². The molecule has 3 aliphatic rings. The molecule has 0 radical (unpaired) electrons. The quantitative estimate of drug-likeness (QED) is 0.609. The number of carbonyl (C=O) groups excluding carboxylic acids is 2. The average Bonchev–Trinajstić information content (AvgIpc) is 3.12. The minimum absolute atomic E-state index is 0.0543. The average molecular weight is 378 g/mol. The lowest BCUT2D eigenvalue weighted by Crippen LogP contribution is -2.50. The molecule has 10 heteroatoms. The van der Waals surface area contributed by atoms with Crippen LogP contribution in [-0.4, -0.2) is 75.7 Å². The molecule has 136 valence electrons. The van der Waals surface area contributed by atoms with Crippen molar-refractivity contribution in [2.45, 2.75) is 37.8 Å². The van der Waals surface area contributed by atoms with Gasteiger partial charge in [0.25, 0.3) is 0 Å². The third-order valence-corrected chi connectivity index (χ3v) is 8.76. The van der Waals surface area contributed by atoms with Crippen molar-refractivity contribution in [2.75, 3.05) is 30.1 Å². The van der Waals surface area contributed by atoms with Crippen LogP contribution in [0.1, 0.15) is 25.7 Å². The molecule has 3 fully saturated rings. The van der Waals surface area contributed by atoms with Crippen LogP contribution >= 0.6 is 0 Å². The summed E-state index contributed by atoms with van der Waals surface area (Å²) in [4.78, 5) is 26.6. The maximum atomic E-state index is 12.7. The smallest absolute Gasteiger partial charge is 0.238 e. The molecule has 0 aromatic rings. The van der Waals surface area contributed by atoms with Crippen LogP contribution in [0, 0.1) is 5.41 Å². The molecular formula is C14H22N2O6S2. The van der Waals surface area contributed by atoms with Crippen molar-refractivity contribution < 1.29 is 26.4 Å². The van der Waals surface area contributed by atoms with Crippen LogP contribution in [0.3, 0.4) is 0 Å². The molecule has 0 spiro atoms. The zero-order valence-corrected chi connectivity index (χ0v) is 15.2. The lowest BCUT2D eigenvalue weighted by molar-refractivity contribution is -0.144. The highest BCUT2D eigenvalue weighted by atomic mass is 32.2. The second-order valence-electron chi connectivity index (χ2n) is 7.13. The fraction of sp³-hybridized carbons (Fsp3) is 0.857. The molecule has 3 rings (SSSR count). The van der Waals surface area contributed by atoms with E-state index in [1.165, 1.54) is 4.90 Å². The van der Waals surface area contributed by atoms with Gasteiger partial charge in [0.2, 0.25) is 11.8 Å². The van der Waals surface area contributed by atoms with Gasteiger partial charge in [0, 0.05) is 19.1 Å². The van der Waals surface area contributed by atoms with Crippen LogP contribution in [0.15, 0.2) is 0 Å². The highest BCUT2D eigenvalue weighted by Crippen LogP contribution is 2.48. The Morgan fingerprint density at radius 1 is 1.00 bits per heavy atom. The van der Waals surface area contributed by atoms with Crippen LogP contribution < -0.4 is 5.32 Å². The monoisotopic (exact) mass is 378 g/mol. The van der Waals surface area contributed by atoms with E-state index in [0.29, 0.717) is 25.7 Å². The Balaban J connectivity index is 1.65. The SMILES string of the molecule is CN(C(=O)C1(C(=O)NC2CCS(=O)(=O)C2)CC1)C1CCS(=O)(=O)C1. The van der Waals surface area contributed by atoms with Gasteiger partial charge in [-0.2, -0.15) is 0 Å². The first kappa shape index (κ1) is 17.7. The normalized spacial score (nSPS) is 32.2. The van der Waals surface area contributed by atoms with Gasteiger partial charge in [-0.25, -0.2) is 16.8 Å². The van der Waals surface area contributed by atoms with E-state index in [1.54, 1.807) is 7.05 Å². The molecule has 24 heavy (non-hydrogen) atoms. The van der Waals surface area contributed by atoms with E-state index < -0.39 is 37.0 Å². The molecule has 1 N–H and O–H groups in total. The Labute approximate surface area is 141 Å². The van der Waals surface area contributed by atoms with E-state index >= 15 is 0 Å². The Morgan fingerprint density at radius 2 is 1.58 bits per heavy atom. The molecule has 1 saturated carbocycles. The molecule has 0 bridgehead atoms. The lowest BCUT2D eigenvalue weighted by Gasteiger charge is -2.28. The van der Waals surface area contributed by atoms with Crippen LogP contribution in [0.2, 0.25) is 0 Å². The van der Waals surface area contributed by atoms with Crippen molar-refractivity contribution in [1.29, 1.82) is 0 Å². The first-order valence-electron chi connectivity index (χ1n) is 8.04. The summed E-state index contributed by atoms with van der Waals surface area (Å²) in [6, 6.07) is -0.829. The van der Waals surface area contributed by atoms with Gasteiger partial charge >= 0.3 is 0 Å². The largest absolute Gasteiger partial charge is 0.351 e. The molecular weight excluding hydrogens is 356 g/mol. The maximum absolute atomic E-state index is 12.7. The molecule has 2 amide bonds. The van der Waals surface area contributed by atoms with Crippen LogP contribution in [0.5, 0.6) is 0 Å². The Hall–Kier alpha value is -1.16. The van der Waals surface area contributed by atoms with Crippen molar-refractivity contribution in [2.24, 2.45) is 5.41 Å². The summed E-state index contributed by atoms with van der Waals surface area (Å²) >= 11 is 0. The Morgan fingerprint density at radius 3 is 2.04 bits per heavy atom. The van der Waals surface area contributed by atoms with Gasteiger partial charge in [0.05, 0.1) is 23.0 Å². The second-order valence-corrected chi connectivity index (χ2v) is 11.6. The highest BCUT2D eigenvalue weighted by Gasteiger charge is 2.59. The number of sulfone groups is 2. The van der Waals surface area contributed by atoms with Crippen LogP contribution in [0.25, 0.3) is 0 Å². The summed E-state index contributed by atoms with van der Waals surface area (Å²) in [5.41, 5.74) is -1.15. The van der Waals surface area contributed by atoms with E-state index in [0.717, 1.165) is 0 Å². The van der Waals surface area contributed by atoms with Crippen molar-refractivity contribution in [3.63, 3.8) is 0 Å². The third kappa shape index (κ3) is 3.30. The molecule has 2 aliphatic heterocycles. The summed E-state index contributed by atoms with van der Waals surface area (Å²) < 4.78 is 46.1. The van der Waals surface area contributed by atoms with Gasteiger partial charge in [-0.15, -0.1) is 0 Å². The van der Waals surface area contributed by atoms with E-state index in [-0.39, 0.29) is 35.0 Å². The maximum Gasteiger partial charge on any atom is 0.238 e. The number of rotatable bonds is 4. The molecule has 0 aromatic carbocycles. The standard InChI is InChI=1S/C14H22N2O6S2/c1-16(11-3-7-24(21,22)9-11)13(18)14(4-5-14)12(17)15-10-2-6-23(19,20)8-10/h10-11H,2-9H2,1H3,(H,15,17). The van der Waals surface area contributed by atoms with Gasteiger partial charge in [0.15, 0.2) is 19.7 Å². The van der Waals surface area contributed by atoms with Crippen molar-refractivity contribution in [1.82, 2.24) is 10.2 Å². The van der Waals surface area contributed by atoms with Crippen molar-refractivity contribution in [3.8, 4) is 0 Å².